The highest BCUT2D eigenvalue weighted by Crippen LogP contribution is 2.29. The molecule has 0 spiro atoms. The van der Waals surface area contributed by atoms with Crippen LogP contribution in [0.5, 0.6) is 0 Å². The molecule has 2 aromatic carbocycles. The van der Waals surface area contributed by atoms with Crippen molar-refractivity contribution in [2.75, 3.05) is 0 Å². The minimum absolute atomic E-state index is 0.736. The lowest BCUT2D eigenvalue weighted by Crippen LogP contribution is -1.86. The first-order valence-electron chi connectivity index (χ1n) is 6.48. The average molecular weight is 249 g/mol. The molecule has 1 heterocycles. The van der Waals surface area contributed by atoms with Crippen molar-refractivity contribution in [3.05, 3.63) is 59.7 Å². The number of hydrogen-bond acceptors (Lipinski definition) is 1. The predicted octanol–water partition coefficient (Wildman–Crippen LogP) is 4.21. The van der Waals surface area contributed by atoms with Crippen molar-refractivity contribution in [3.8, 4) is 11.3 Å². The molecule has 1 N–H and O–H groups in total. The number of aromatic amines is 1. The summed E-state index contributed by atoms with van der Waals surface area (Å²) in [6, 6.07) is 16.2. The van der Waals surface area contributed by atoms with Gasteiger partial charge in [-0.15, -0.1) is 0 Å². The van der Waals surface area contributed by atoms with Crippen LogP contribution in [0.3, 0.4) is 0 Å². The lowest BCUT2D eigenvalue weighted by atomic mass is 10.0. The van der Waals surface area contributed by atoms with Crippen molar-refractivity contribution in [3.63, 3.8) is 0 Å². The number of fused-ring (bicyclic) bond motifs is 1. The Morgan fingerprint density at radius 3 is 2.47 bits per heavy atom. The molecule has 1 aromatic heterocycles. The number of aryl methyl sites for hydroxylation is 1. The maximum Gasteiger partial charge on any atom is 0.152 e. The Morgan fingerprint density at radius 2 is 1.79 bits per heavy atom. The minimum atomic E-state index is 0.736. The molecule has 94 valence electrons. The smallest absolute Gasteiger partial charge is 0.152 e. The van der Waals surface area contributed by atoms with Crippen molar-refractivity contribution >= 4 is 17.2 Å². The number of carbonyl (C=O) groups excluding carboxylic acids is 1. The molecule has 0 amide bonds. The average Bonchev–Trinajstić information content (AvgIpc) is 2.85. The van der Waals surface area contributed by atoms with E-state index in [0.29, 0.717) is 0 Å². The first kappa shape index (κ1) is 11.7. The van der Waals surface area contributed by atoms with Crippen LogP contribution in [0.25, 0.3) is 22.2 Å². The third-order valence-corrected chi connectivity index (χ3v) is 3.51. The van der Waals surface area contributed by atoms with E-state index in [2.05, 4.69) is 36.2 Å². The van der Waals surface area contributed by atoms with Gasteiger partial charge in [-0.05, 0) is 23.6 Å². The molecule has 0 atom stereocenters. The van der Waals surface area contributed by atoms with Gasteiger partial charge < -0.3 is 4.98 Å². The van der Waals surface area contributed by atoms with Gasteiger partial charge in [0, 0.05) is 16.5 Å². The van der Waals surface area contributed by atoms with Crippen LogP contribution in [-0.2, 0) is 6.42 Å². The number of nitrogens with one attached hydrogen (secondary N) is 1. The fraction of sp³-hybridized carbons (Fsp3) is 0.118. The summed E-state index contributed by atoms with van der Waals surface area (Å²) in [7, 11) is 0. The molecule has 0 aliphatic rings. The van der Waals surface area contributed by atoms with Gasteiger partial charge in [-0.2, -0.15) is 0 Å². The molecule has 0 fully saturated rings. The second-order valence-electron chi connectivity index (χ2n) is 4.63. The molecule has 19 heavy (non-hydrogen) atoms. The zero-order chi connectivity index (χ0) is 13.2. The number of carbonyl (C=O) groups is 1. The van der Waals surface area contributed by atoms with Gasteiger partial charge in [-0.1, -0.05) is 49.4 Å². The lowest BCUT2D eigenvalue weighted by molar-refractivity contribution is 0.112. The minimum Gasteiger partial charge on any atom is -0.354 e. The molecular formula is C17H15NO. The third kappa shape index (κ3) is 1.95. The van der Waals surface area contributed by atoms with E-state index in [9.17, 15) is 4.79 Å². The van der Waals surface area contributed by atoms with Gasteiger partial charge in [0.25, 0.3) is 0 Å². The Labute approximate surface area is 112 Å². The molecule has 0 aliphatic heterocycles. The van der Waals surface area contributed by atoms with E-state index in [0.717, 1.165) is 40.4 Å². The van der Waals surface area contributed by atoms with E-state index in [1.54, 1.807) is 0 Å². The molecule has 0 unspecified atom stereocenters. The van der Waals surface area contributed by atoms with Crippen LogP contribution in [0, 0.1) is 0 Å². The number of para-hydroxylation sites is 1. The summed E-state index contributed by atoms with van der Waals surface area (Å²) in [4.78, 5) is 14.7. The molecule has 3 rings (SSSR count). The Morgan fingerprint density at radius 1 is 1.05 bits per heavy atom. The van der Waals surface area contributed by atoms with E-state index in [1.807, 2.05) is 24.3 Å². The summed E-state index contributed by atoms with van der Waals surface area (Å²) in [5.74, 6) is 0. The van der Waals surface area contributed by atoms with E-state index < -0.39 is 0 Å². The summed E-state index contributed by atoms with van der Waals surface area (Å²) < 4.78 is 0. The van der Waals surface area contributed by atoms with Gasteiger partial charge in [0.2, 0.25) is 0 Å². The number of H-pyrrole nitrogens is 1. The van der Waals surface area contributed by atoms with Crippen molar-refractivity contribution in [2.45, 2.75) is 13.3 Å². The summed E-state index contributed by atoms with van der Waals surface area (Å²) in [6.45, 7) is 2.13. The number of benzene rings is 2. The predicted molar refractivity (Wildman–Crippen MR) is 78.5 cm³/mol. The molecule has 2 nitrogen and oxygen atoms in total. The highest BCUT2D eigenvalue weighted by Gasteiger charge is 2.11. The fourth-order valence-electron chi connectivity index (χ4n) is 2.42. The first-order valence-corrected chi connectivity index (χ1v) is 6.48. The lowest BCUT2D eigenvalue weighted by Gasteiger charge is -2.01. The monoisotopic (exact) mass is 249 g/mol. The quantitative estimate of drug-likeness (QED) is 0.693. The highest BCUT2D eigenvalue weighted by atomic mass is 16.1. The van der Waals surface area contributed by atoms with Crippen LogP contribution in [0.15, 0.2) is 48.5 Å². The Bertz CT molecular complexity index is 723. The summed E-state index contributed by atoms with van der Waals surface area (Å²) in [5, 5.41) is 0.979. The van der Waals surface area contributed by atoms with Crippen LogP contribution in [0.1, 0.15) is 22.8 Å². The topological polar surface area (TPSA) is 32.9 Å². The Kier molecular flexibility index (Phi) is 2.92. The molecular weight excluding hydrogens is 234 g/mol. The van der Waals surface area contributed by atoms with Crippen molar-refractivity contribution in [2.24, 2.45) is 0 Å². The maximum absolute atomic E-state index is 11.4. The number of aromatic nitrogens is 1. The highest BCUT2D eigenvalue weighted by molar-refractivity contribution is 6.04. The summed E-state index contributed by atoms with van der Waals surface area (Å²) >= 11 is 0. The standard InChI is InChI=1S/C17H15NO/c1-2-12-7-9-13(10-8-12)17-15(11-19)14-5-3-4-6-16(14)18-17/h3-11,18H,2H2,1H3. The maximum atomic E-state index is 11.4. The molecule has 0 saturated carbocycles. The van der Waals surface area contributed by atoms with E-state index in [4.69, 9.17) is 0 Å². The second kappa shape index (κ2) is 4.73. The Balaban J connectivity index is 2.20. The van der Waals surface area contributed by atoms with Crippen LogP contribution < -0.4 is 0 Å². The molecule has 0 saturated heterocycles. The molecule has 0 bridgehead atoms. The van der Waals surface area contributed by atoms with Crippen molar-refractivity contribution < 1.29 is 4.79 Å². The third-order valence-electron chi connectivity index (χ3n) is 3.51. The number of aldehydes is 1. The van der Waals surface area contributed by atoms with Gasteiger partial charge in [-0.25, -0.2) is 0 Å². The SMILES string of the molecule is CCc1ccc(-c2[nH]c3ccccc3c2C=O)cc1. The van der Waals surface area contributed by atoms with E-state index in [-0.39, 0.29) is 0 Å². The number of rotatable bonds is 3. The zero-order valence-electron chi connectivity index (χ0n) is 10.8. The van der Waals surface area contributed by atoms with Crippen molar-refractivity contribution in [1.29, 1.82) is 0 Å². The summed E-state index contributed by atoms with van der Waals surface area (Å²) in [6.07, 6.45) is 1.95. The largest absolute Gasteiger partial charge is 0.354 e. The molecule has 3 aromatic rings. The van der Waals surface area contributed by atoms with Crippen LogP contribution in [-0.4, -0.2) is 11.3 Å². The Hall–Kier alpha value is -2.35. The van der Waals surface area contributed by atoms with Gasteiger partial charge in [-0.3, -0.25) is 4.79 Å². The van der Waals surface area contributed by atoms with E-state index in [1.165, 1.54) is 5.56 Å². The fourth-order valence-corrected chi connectivity index (χ4v) is 2.42. The molecule has 0 radical (unpaired) electrons. The van der Waals surface area contributed by atoms with E-state index >= 15 is 0 Å². The second-order valence-corrected chi connectivity index (χ2v) is 4.63. The van der Waals surface area contributed by atoms with Crippen LogP contribution >= 0.6 is 0 Å². The first-order chi connectivity index (χ1) is 9.33. The number of hydrogen-bond donors (Lipinski definition) is 1. The van der Waals surface area contributed by atoms with Crippen LogP contribution in [0.4, 0.5) is 0 Å². The zero-order valence-corrected chi connectivity index (χ0v) is 10.8. The molecule has 2 heteroatoms. The van der Waals surface area contributed by atoms with Crippen molar-refractivity contribution in [1.82, 2.24) is 4.98 Å². The van der Waals surface area contributed by atoms with Gasteiger partial charge in [0.15, 0.2) is 6.29 Å². The van der Waals surface area contributed by atoms with Gasteiger partial charge >= 0.3 is 0 Å². The molecule has 0 aliphatic carbocycles. The van der Waals surface area contributed by atoms with Crippen LogP contribution in [0.2, 0.25) is 0 Å². The summed E-state index contributed by atoms with van der Waals surface area (Å²) in [5.41, 5.74) is 4.99. The normalized spacial score (nSPS) is 10.8. The van der Waals surface area contributed by atoms with Gasteiger partial charge in [0.05, 0.1) is 5.69 Å². The van der Waals surface area contributed by atoms with Gasteiger partial charge in [0.1, 0.15) is 0 Å².